The highest BCUT2D eigenvalue weighted by molar-refractivity contribution is 6.34. The van der Waals surface area contributed by atoms with Gasteiger partial charge in [0.2, 0.25) is 0 Å². The van der Waals surface area contributed by atoms with Crippen molar-refractivity contribution in [1.29, 1.82) is 0 Å². The number of halogens is 1. The minimum absolute atomic E-state index is 0.00219. The van der Waals surface area contributed by atoms with Gasteiger partial charge in [-0.1, -0.05) is 23.7 Å². The molecule has 3 N–H and O–H groups in total. The largest absolute Gasteiger partial charge is 0.393 e. The summed E-state index contributed by atoms with van der Waals surface area (Å²) in [7, 11) is 0. The van der Waals surface area contributed by atoms with Crippen LogP contribution in [0.15, 0.2) is 24.5 Å². The highest BCUT2D eigenvalue weighted by atomic mass is 35.5. The number of benzene rings is 1. The van der Waals surface area contributed by atoms with E-state index in [0.29, 0.717) is 23.6 Å². The third kappa shape index (κ3) is 3.38. The van der Waals surface area contributed by atoms with Crippen molar-refractivity contribution in [1.82, 2.24) is 20.5 Å². The summed E-state index contributed by atoms with van der Waals surface area (Å²) in [5.74, 6) is 0.725. The van der Waals surface area contributed by atoms with Gasteiger partial charge in [0.25, 0.3) is 5.91 Å². The Morgan fingerprint density at radius 1 is 1.48 bits per heavy atom. The molecular weight excluding hydrogens is 316 g/mol. The lowest BCUT2D eigenvalue weighted by Crippen LogP contribution is -2.32. The van der Waals surface area contributed by atoms with Crippen molar-refractivity contribution in [3.05, 3.63) is 46.5 Å². The summed E-state index contributed by atoms with van der Waals surface area (Å²) in [4.78, 5) is 16.4. The number of H-pyrrole nitrogens is 1. The van der Waals surface area contributed by atoms with Gasteiger partial charge in [-0.3, -0.25) is 9.89 Å². The molecular formula is C16H19ClN4O2. The first-order chi connectivity index (χ1) is 11.1. The molecule has 122 valence electrons. The van der Waals surface area contributed by atoms with Crippen LogP contribution in [0.25, 0.3) is 0 Å². The van der Waals surface area contributed by atoms with Gasteiger partial charge in [-0.15, -0.1) is 0 Å². The molecule has 3 rings (SSSR count). The smallest absolute Gasteiger partial charge is 0.252 e. The first-order valence-electron chi connectivity index (χ1n) is 7.63. The number of aromatic amines is 1. The summed E-state index contributed by atoms with van der Waals surface area (Å²) in [6.07, 6.45) is 2.40. The molecule has 0 bridgehead atoms. The molecule has 1 saturated carbocycles. The summed E-state index contributed by atoms with van der Waals surface area (Å²) in [5.41, 5.74) is 1.33. The predicted molar refractivity (Wildman–Crippen MR) is 86.4 cm³/mol. The standard InChI is InChI=1S/C16H19ClN4O2/c1-9-3-2-4-12(14(9)17)16(23)18-7-11-5-10(6-13(11)22)15-19-8-20-21-15/h2-4,8,10-11,13,22H,5-7H2,1H3,(H,18,23)(H,19,20,21)/t10-,11+,13+/m1/s1. The van der Waals surface area contributed by atoms with Gasteiger partial charge in [0.05, 0.1) is 16.7 Å². The molecule has 1 amide bonds. The number of aromatic nitrogens is 3. The number of carbonyl (C=O) groups excluding carboxylic acids is 1. The Morgan fingerprint density at radius 2 is 2.30 bits per heavy atom. The number of aryl methyl sites for hydroxylation is 1. The molecule has 1 aliphatic rings. The fourth-order valence-corrected chi connectivity index (χ4v) is 3.31. The van der Waals surface area contributed by atoms with E-state index in [9.17, 15) is 9.90 Å². The highest BCUT2D eigenvalue weighted by Gasteiger charge is 2.35. The van der Waals surface area contributed by atoms with Crippen LogP contribution in [0.1, 0.15) is 40.5 Å². The number of nitrogens with one attached hydrogen (secondary N) is 2. The van der Waals surface area contributed by atoms with E-state index < -0.39 is 6.10 Å². The van der Waals surface area contributed by atoms with Crippen LogP contribution in [-0.2, 0) is 0 Å². The van der Waals surface area contributed by atoms with E-state index in [1.165, 1.54) is 6.33 Å². The molecule has 1 aromatic carbocycles. The molecule has 0 unspecified atom stereocenters. The summed E-state index contributed by atoms with van der Waals surface area (Å²) in [5, 5.41) is 20.2. The Kier molecular flexibility index (Phi) is 4.63. The minimum Gasteiger partial charge on any atom is -0.393 e. The molecule has 0 radical (unpaired) electrons. The number of aliphatic hydroxyl groups is 1. The molecule has 2 aromatic rings. The average molecular weight is 335 g/mol. The Hall–Kier alpha value is -1.92. The van der Waals surface area contributed by atoms with Crippen molar-refractivity contribution in [2.75, 3.05) is 6.54 Å². The van der Waals surface area contributed by atoms with Gasteiger partial charge in [0.15, 0.2) is 0 Å². The van der Waals surface area contributed by atoms with Gasteiger partial charge in [-0.25, -0.2) is 4.98 Å². The van der Waals surface area contributed by atoms with E-state index in [-0.39, 0.29) is 17.7 Å². The maximum Gasteiger partial charge on any atom is 0.252 e. The lowest BCUT2D eigenvalue weighted by Gasteiger charge is -2.15. The molecule has 0 saturated heterocycles. The summed E-state index contributed by atoms with van der Waals surface area (Å²) < 4.78 is 0. The lowest BCUT2D eigenvalue weighted by atomic mass is 10.0. The van der Waals surface area contributed by atoms with Crippen LogP contribution in [0, 0.1) is 12.8 Å². The third-order valence-electron chi connectivity index (χ3n) is 4.44. The molecule has 3 atom stereocenters. The fraction of sp³-hybridized carbons (Fsp3) is 0.438. The molecule has 0 spiro atoms. The van der Waals surface area contributed by atoms with Crippen LogP contribution in [-0.4, -0.2) is 38.8 Å². The molecule has 7 heteroatoms. The second kappa shape index (κ2) is 6.68. The molecule has 23 heavy (non-hydrogen) atoms. The maximum absolute atomic E-state index is 12.3. The topological polar surface area (TPSA) is 90.9 Å². The van der Waals surface area contributed by atoms with Gasteiger partial charge in [0.1, 0.15) is 12.2 Å². The zero-order valence-corrected chi connectivity index (χ0v) is 13.5. The van der Waals surface area contributed by atoms with Gasteiger partial charge in [-0.2, -0.15) is 5.10 Å². The number of carbonyl (C=O) groups is 1. The normalized spacial score (nSPS) is 23.9. The Labute approximate surface area is 139 Å². The Morgan fingerprint density at radius 3 is 3.04 bits per heavy atom. The second-order valence-electron chi connectivity index (χ2n) is 6.01. The summed E-state index contributed by atoms with van der Waals surface area (Å²) >= 11 is 6.17. The van der Waals surface area contributed by atoms with Crippen molar-refractivity contribution in [3.63, 3.8) is 0 Å². The van der Waals surface area contributed by atoms with Crippen molar-refractivity contribution in [2.24, 2.45) is 5.92 Å². The van der Waals surface area contributed by atoms with Gasteiger partial charge in [0, 0.05) is 18.4 Å². The van der Waals surface area contributed by atoms with Gasteiger partial charge < -0.3 is 10.4 Å². The van der Waals surface area contributed by atoms with E-state index >= 15 is 0 Å². The number of rotatable bonds is 4. The number of amides is 1. The van der Waals surface area contributed by atoms with Crippen molar-refractivity contribution in [3.8, 4) is 0 Å². The third-order valence-corrected chi connectivity index (χ3v) is 4.94. The molecule has 1 fully saturated rings. The maximum atomic E-state index is 12.3. The van der Waals surface area contributed by atoms with Gasteiger partial charge in [-0.05, 0) is 31.4 Å². The van der Waals surface area contributed by atoms with Gasteiger partial charge >= 0.3 is 0 Å². The van der Waals surface area contributed by atoms with Crippen molar-refractivity contribution in [2.45, 2.75) is 31.8 Å². The number of hydrogen-bond acceptors (Lipinski definition) is 4. The van der Waals surface area contributed by atoms with Crippen molar-refractivity contribution < 1.29 is 9.90 Å². The van der Waals surface area contributed by atoms with Crippen molar-refractivity contribution >= 4 is 17.5 Å². The SMILES string of the molecule is Cc1cccc(C(=O)NC[C@@H]2C[C@@H](c3ncn[nH]3)C[C@@H]2O)c1Cl. The summed E-state index contributed by atoms with van der Waals surface area (Å²) in [6, 6.07) is 5.37. The Bertz CT molecular complexity index is 689. The number of hydrogen-bond donors (Lipinski definition) is 3. The summed E-state index contributed by atoms with van der Waals surface area (Å²) in [6.45, 7) is 2.27. The average Bonchev–Trinajstić information content (AvgIpc) is 3.17. The van der Waals surface area contributed by atoms with E-state index in [1.54, 1.807) is 12.1 Å². The Balaban J connectivity index is 1.60. The first-order valence-corrected chi connectivity index (χ1v) is 8.00. The highest BCUT2D eigenvalue weighted by Crippen LogP contribution is 2.36. The van der Waals surface area contributed by atoms with E-state index in [4.69, 9.17) is 11.6 Å². The number of aliphatic hydroxyl groups excluding tert-OH is 1. The second-order valence-corrected chi connectivity index (χ2v) is 6.39. The monoisotopic (exact) mass is 334 g/mol. The van der Waals surface area contributed by atoms with E-state index in [0.717, 1.165) is 17.8 Å². The molecule has 1 aromatic heterocycles. The fourth-order valence-electron chi connectivity index (χ4n) is 3.10. The van der Waals surface area contributed by atoms with E-state index in [2.05, 4.69) is 20.5 Å². The molecule has 0 aliphatic heterocycles. The van der Waals surface area contributed by atoms with Crippen LogP contribution >= 0.6 is 11.6 Å². The van der Waals surface area contributed by atoms with E-state index in [1.807, 2.05) is 13.0 Å². The zero-order chi connectivity index (χ0) is 16.4. The number of nitrogens with zero attached hydrogens (tertiary/aromatic N) is 2. The van der Waals surface area contributed by atoms with Crippen LogP contribution < -0.4 is 5.32 Å². The first kappa shape index (κ1) is 16.0. The molecule has 1 heterocycles. The quantitative estimate of drug-likeness (QED) is 0.798. The van der Waals surface area contributed by atoms with Crippen LogP contribution in [0.2, 0.25) is 5.02 Å². The predicted octanol–water partition coefficient (Wildman–Crippen LogP) is 2.05. The zero-order valence-electron chi connectivity index (χ0n) is 12.8. The minimum atomic E-state index is -0.460. The molecule has 6 nitrogen and oxygen atoms in total. The van der Waals surface area contributed by atoms with Crippen LogP contribution in [0.3, 0.4) is 0 Å². The lowest BCUT2D eigenvalue weighted by molar-refractivity contribution is 0.0917. The van der Waals surface area contributed by atoms with Crippen LogP contribution in [0.5, 0.6) is 0 Å². The van der Waals surface area contributed by atoms with Crippen LogP contribution in [0.4, 0.5) is 0 Å². The molecule has 1 aliphatic carbocycles.